The van der Waals surface area contributed by atoms with Crippen LogP contribution >= 0.6 is 0 Å². The van der Waals surface area contributed by atoms with Crippen LogP contribution in [0.3, 0.4) is 0 Å². The van der Waals surface area contributed by atoms with Gasteiger partial charge < -0.3 is 4.90 Å². The zero-order chi connectivity index (χ0) is 43.1. The molecule has 0 heterocycles. The van der Waals surface area contributed by atoms with Gasteiger partial charge in [0.1, 0.15) is 0 Å². The summed E-state index contributed by atoms with van der Waals surface area (Å²) < 4.78 is 0. The van der Waals surface area contributed by atoms with Gasteiger partial charge in [-0.05, 0) is 154 Å². The van der Waals surface area contributed by atoms with Crippen LogP contribution in [-0.2, 0) is 0 Å². The molecule has 1 nitrogen and oxygen atoms in total. The largest absolute Gasteiger partial charge is 0.310 e. The van der Waals surface area contributed by atoms with E-state index in [0.717, 1.165) is 28.2 Å². The van der Waals surface area contributed by atoms with Crippen LogP contribution < -0.4 is 4.90 Å². The maximum atomic E-state index is 2.44. The Morgan fingerprint density at radius 2 is 0.492 bits per heavy atom. The van der Waals surface area contributed by atoms with Gasteiger partial charge in [0.25, 0.3) is 0 Å². The highest BCUT2D eigenvalue weighted by atomic mass is 15.1. The smallest absolute Gasteiger partial charge is 0.0546 e. The van der Waals surface area contributed by atoms with Crippen LogP contribution in [-0.4, -0.2) is 0 Å². The summed E-state index contributed by atoms with van der Waals surface area (Å²) in [5.74, 6) is 0. The van der Waals surface area contributed by atoms with Crippen molar-refractivity contribution in [3.63, 3.8) is 0 Å². The van der Waals surface area contributed by atoms with Crippen molar-refractivity contribution >= 4 is 60.2 Å². The van der Waals surface area contributed by atoms with E-state index in [2.05, 4.69) is 266 Å². The van der Waals surface area contributed by atoms with E-state index in [1.165, 1.54) is 87.6 Å². The van der Waals surface area contributed by atoms with Crippen molar-refractivity contribution in [3.8, 4) is 55.6 Å². The summed E-state index contributed by atoms with van der Waals surface area (Å²) in [5, 5.41) is 9.90. The van der Waals surface area contributed by atoms with Crippen molar-refractivity contribution in [1.82, 2.24) is 0 Å². The summed E-state index contributed by atoms with van der Waals surface area (Å²) in [6.45, 7) is 0. The molecule has 0 aliphatic rings. The van der Waals surface area contributed by atoms with Crippen molar-refractivity contribution in [1.29, 1.82) is 0 Å². The van der Waals surface area contributed by atoms with E-state index >= 15 is 0 Å². The van der Waals surface area contributed by atoms with Crippen LogP contribution in [0.25, 0.3) is 98.7 Å². The third-order valence-electron chi connectivity index (χ3n) is 13.0. The fourth-order valence-electron chi connectivity index (χ4n) is 9.52. The summed E-state index contributed by atoms with van der Waals surface area (Å²) in [7, 11) is 0. The third kappa shape index (κ3) is 7.40. The lowest BCUT2D eigenvalue weighted by Gasteiger charge is -2.29. The Bertz CT molecular complexity index is 3710. The maximum Gasteiger partial charge on any atom is 0.0546 e. The van der Waals surface area contributed by atoms with Gasteiger partial charge in [0.2, 0.25) is 0 Å². The summed E-state index contributed by atoms with van der Waals surface area (Å²) in [4.78, 5) is 2.44. The maximum absolute atomic E-state index is 2.44. The number of nitrogens with zero attached hydrogens (tertiary/aromatic N) is 1. The average molecular weight is 826 g/mol. The molecule has 65 heavy (non-hydrogen) atoms. The van der Waals surface area contributed by atoms with Crippen molar-refractivity contribution in [2.45, 2.75) is 0 Å². The van der Waals surface area contributed by atoms with Gasteiger partial charge in [-0.2, -0.15) is 0 Å². The van der Waals surface area contributed by atoms with E-state index in [9.17, 15) is 0 Å². The van der Waals surface area contributed by atoms with E-state index < -0.39 is 0 Å². The first-order valence-corrected chi connectivity index (χ1v) is 22.4. The first kappa shape index (κ1) is 38.2. The van der Waals surface area contributed by atoms with Crippen LogP contribution in [0.4, 0.5) is 17.1 Å². The molecule has 12 aromatic carbocycles. The highest BCUT2D eigenvalue weighted by Crippen LogP contribution is 2.45. The second kappa shape index (κ2) is 16.3. The Hall–Kier alpha value is -8.52. The number of fused-ring (bicyclic) bond motifs is 4. The molecule has 0 aliphatic heterocycles. The lowest BCUT2D eigenvalue weighted by molar-refractivity contribution is 1.28. The number of anilines is 3. The molecular formula is C64H43N. The van der Waals surface area contributed by atoms with E-state index in [1.807, 2.05) is 0 Å². The quantitative estimate of drug-likeness (QED) is 0.148. The van der Waals surface area contributed by atoms with Gasteiger partial charge in [-0.15, -0.1) is 0 Å². The van der Waals surface area contributed by atoms with Gasteiger partial charge in [-0.25, -0.2) is 0 Å². The first-order chi connectivity index (χ1) is 32.2. The molecule has 0 aliphatic carbocycles. The summed E-state index contributed by atoms with van der Waals surface area (Å²) >= 11 is 0. The molecular weight excluding hydrogens is 783 g/mol. The minimum Gasteiger partial charge on any atom is -0.310 e. The van der Waals surface area contributed by atoms with E-state index in [4.69, 9.17) is 0 Å². The molecule has 0 N–H and O–H groups in total. The molecule has 0 radical (unpaired) electrons. The van der Waals surface area contributed by atoms with Gasteiger partial charge in [-0.3, -0.25) is 0 Å². The second-order valence-corrected chi connectivity index (χ2v) is 17.0. The van der Waals surface area contributed by atoms with Gasteiger partial charge in [-0.1, -0.05) is 200 Å². The standard InChI is InChI=1S/C64H43N/c1-5-14-50-39-56(24-20-44(50)10-1)49-30-35-62(36-31-49)65(61-33-28-48(29-34-61)54-18-9-19-55(38-54)57-25-21-45-11-2-6-15-51(45)40-57)64-43-59(58-26-22-46-12-3-7-16-52(46)41-58)32-37-63(64)60-27-23-47-13-4-8-17-53(47)42-60/h1-43H. The van der Waals surface area contributed by atoms with Crippen LogP contribution in [0.5, 0.6) is 0 Å². The Morgan fingerprint density at radius 1 is 0.185 bits per heavy atom. The van der Waals surface area contributed by atoms with Gasteiger partial charge >= 0.3 is 0 Å². The first-order valence-electron chi connectivity index (χ1n) is 22.4. The van der Waals surface area contributed by atoms with Crippen LogP contribution in [0.1, 0.15) is 0 Å². The molecule has 0 saturated heterocycles. The molecule has 0 fully saturated rings. The van der Waals surface area contributed by atoms with Crippen molar-refractivity contribution in [3.05, 3.63) is 261 Å². The van der Waals surface area contributed by atoms with Gasteiger partial charge in [0.15, 0.2) is 0 Å². The minimum absolute atomic E-state index is 1.08. The molecule has 0 bridgehead atoms. The zero-order valence-electron chi connectivity index (χ0n) is 35.8. The molecule has 12 rings (SSSR count). The van der Waals surface area contributed by atoms with Gasteiger partial charge in [0, 0.05) is 16.9 Å². The Morgan fingerprint density at radius 3 is 0.938 bits per heavy atom. The highest BCUT2D eigenvalue weighted by molar-refractivity contribution is 5.97. The normalized spacial score (nSPS) is 11.4. The monoisotopic (exact) mass is 825 g/mol. The van der Waals surface area contributed by atoms with Crippen LogP contribution in [0.15, 0.2) is 261 Å². The van der Waals surface area contributed by atoms with Gasteiger partial charge in [0.05, 0.1) is 5.69 Å². The Kier molecular flexibility index (Phi) is 9.58. The molecule has 0 spiro atoms. The summed E-state index contributed by atoms with van der Waals surface area (Å²) in [5.41, 5.74) is 15.1. The Balaban J connectivity index is 1.01. The highest BCUT2D eigenvalue weighted by Gasteiger charge is 2.20. The SMILES string of the molecule is c1cc(-c2ccc(N(c3ccc(-c4ccc5ccccc5c4)cc3)c3cc(-c4ccc5ccccc5c4)ccc3-c3ccc4ccccc4c3)cc2)cc(-c2ccc3ccccc3c2)c1. The predicted molar refractivity (Wildman–Crippen MR) is 278 cm³/mol. The molecule has 0 amide bonds. The average Bonchev–Trinajstić information content (AvgIpc) is 3.38. The number of hydrogen-bond donors (Lipinski definition) is 0. The molecule has 304 valence electrons. The summed E-state index contributed by atoms with van der Waals surface area (Å²) in [6.07, 6.45) is 0. The minimum atomic E-state index is 1.08. The van der Waals surface area contributed by atoms with Crippen LogP contribution in [0.2, 0.25) is 0 Å². The molecule has 0 aromatic heterocycles. The predicted octanol–water partition coefficient (Wildman–Crippen LogP) is 18.1. The lowest BCUT2D eigenvalue weighted by Crippen LogP contribution is -2.11. The number of hydrogen-bond acceptors (Lipinski definition) is 1. The number of rotatable bonds is 8. The van der Waals surface area contributed by atoms with Crippen molar-refractivity contribution in [2.24, 2.45) is 0 Å². The summed E-state index contributed by atoms with van der Waals surface area (Å²) in [6, 6.07) is 95.6. The topological polar surface area (TPSA) is 3.24 Å². The Labute approximate surface area is 379 Å². The van der Waals surface area contributed by atoms with Crippen molar-refractivity contribution in [2.75, 3.05) is 4.90 Å². The van der Waals surface area contributed by atoms with Crippen LogP contribution in [0, 0.1) is 0 Å². The fourth-order valence-corrected chi connectivity index (χ4v) is 9.52. The third-order valence-corrected chi connectivity index (χ3v) is 13.0. The number of benzene rings is 12. The fraction of sp³-hybridized carbons (Fsp3) is 0. The van der Waals surface area contributed by atoms with E-state index in [-0.39, 0.29) is 0 Å². The second-order valence-electron chi connectivity index (χ2n) is 17.0. The molecule has 0 atom stereocenters. The lowest BCUT2D eigenvalue weighted by atomic mass is 9.94. The molecule has 1 heteroatoms. The molecule has 0 unspecified atom stereocenters. The molecule has 12 aromatic rings. The molecule has 0 saturated carbocycles. The van der Waals surface area contributed by atoms with E-state index in [0.29, 0.717) is 0 Å². The van der Waals surface area contributed by atoms with Crippen molar-refractivity contribution < 1.29 is 0 Å². The van der Waals surface area contributed by atoms with E-state index in [1.54, 1.807) is 0 Å². The zero-order valence-corrected chi connectivity index (χ0v) is 35.8.